The van der Waals surface area contributed by atoms with Gasteiger partial charge in [-0.05, 0) is 23.8 Å². The molecular weight excluding hydrogens is 254 g/mol. The molecule has 0 aliphatic rings. The van der Waals surface area contributed by atoms with Crippen molar-refractivity contribution < 1.29 is 0 Å². The van der Waals surface area contributed by atoms with Crippen LogP contribution < -0.4 is 11.1 Å². The van der Waals surface area contributed by atoms with Crippen molar-refractivity contribution in [2.75, 3.05) is 12.4 Å². The molecule has 0 heterocycles. The van der Waals surface area contributed by atoms with Crippen LogP contribution in [0.4, 0.5) is 5.69 Å². The van der Waals surface area contributed by atoms with E-state index in [1.807, 2.05) is 18.2 Å². The third-order valence-corrected chi connectivity index (χ3v) is 3.66. The zero-order chi connectivity index (χ0) is 13.5. The lowest BCUT2D eigenvalue weighted by atomic mass is 10.2. The molecule has 2 aromatic carbocycles. The van der Waals surface area contributed by atoms with E-state index in [2.05, 4.69) is 46.7 Å². The van der Waals surface area contributed by atoms with Gasteiger partial charge in [0.15, 0.2) is 5.96 Å². The summed E-state index contributed by atoms with van der Waals surface area (Å²) >= 11 is 1.80. The highest BCUT2D eigenvalue weighted by molar-refractivity contribution is 7.98. The van der Waals surface area contributed by atoms with Gasteiger partial charge in [0.2, 0.25) is 0 Å². The summed E-state index contributed by atoms with van der Waals surface area (Å²) < 4.78 is 0. The Morgan fingerprint density at radius 1 is 1.16 bits per heavy atom. The van der Waals surface area contributed by atoms with E-state index in [1.165, 1.54) is 10.5 Å². The maximum absolute atomic E-state index is 5.65. The van der Waals surface area contributed by atoms with Crippen LogP contribution in [0, 0.1) is 0 Å². The number of nitrogens with zero attached hydrogens (tertiary/aromatic N) is 1. The van der Waals surface area contributed by atoms with Crippen molar-refractivity contribution in [3.63, 3.8) is 0 Å². The SMILES string of the molecule is CN=C(N)Nc1cccc(SCc2ccccc2)c1. The Hall–Kier alpha value is -1.94. The van der Waals surface area contributed by atoms with E-state index in [4.69, 9.17) is 5.73 Å². The zero-order valence-corrected chi connectivity index (χ0v) is 11.7. The molecule has 0 spiro atoms. The van der Waals surface area contributed by atoms with Crippen molar-refractivity contribution in [1.29, 1.82) is 0 Å². The number of guanidine groups is 1. The summed E-state index contributed by atoms with van der Waals surface area (Å²) in [6.07, 6.45) is 0. The summed E-state index contributed by atoms with van der Waals surface area (Å²) in [7, 11) is 1.66. The molecular formula is C15H17N3S. The summed E-state index contributed by atoms with van der Waals surface area (Å²) in [5.74, 6) is 1.38. The first-order valence-electron chi connectivity index (χ1n) is 6.04. The molecule has 0 aliphatic heterocycles. The number of hydrogen-bond acceptors (Lipinski definition) is 2. The summed E-state index contributed by atoms with van der Waals surface area (Å²) in [6, 6.07) is 18.6. The highest BCUT2D eigenvalue weighted by Crippen LogP contribution is 2.25. The molecule has 98 valence electrons. The minimum Gasteiger partial charge on any atom is -0.370 e. The molecule has 0 fully saturated rings. The van der Waals surface area contributed by atoms with Gasteiger partial charge in [0.05, 0.1) is 0 Å². The van der Waals surface area contributed by atoms with Crippen LogP contribution in [-0.4, -0.2) is 13.0 Å². The van der Waals surface area contributed by atoms with Crippen LogP contribution in [0.25, 0.3) is 0 Å². The van der Waals surface area contributed by atoms with Crippen LogP contribution >= 0.6 is 11.8 Å². The van der Waals surface area contributed by atoms with Gasteiger partial charge >= 0.3 is 0 Å². The molecule has 0 aliphatic carbocycles. The summed E-state index contributed by atoms with van der Waals surface area (Å²) in [4.78, 5) is 5.09. The number of benzene rings is 2. The van der Waals surface area contributed by atoms with Crippen molar-refractivity contribution in [1.82, 2.24) is 0 Å². The minimum atomic E-state index is 0.421. The van der Waals surface area contributed by atoms with Crippen molar-refractivity contribution in [2.45, 2.75) is 10.6 Å². The fourth-order valence-corrected chi connectivity index (χ4v) is 2.52. The third kappa shape index (κ3) is 4.34. The second-order valence-corrected chi connectivity index (χ2v) is 5.08. The van der Waals surface area contributed by atoms with E-state index >= 15 is 0 Å². The Balaban J connectivity index is 1.99. The molecule has 0 bridgehead atoms. The predicted molar refractivity (Wildman–Crippen MR) is 83.6 cm³/mol. The van der Waals surface area contributed by atoms with Gasteiger partial charge in [-0.1, -0.05) is 36.4 Å². The summed E-state index contributed by atoms with van der Waals surface area (Å²) in [5, 5.41) is 3.04. The Morgan fingerprint density at radius 2 is 1.95 bits per heavy atom. The molecule has 2 aromatic rings. The number of hydrogen-bond donors (Lipinski definition) is 2. The molecule has 0 aromatic heterocycles. The highest BCUT2D eigenvalue weighted by atomic mass is 32.2. The van der Waals surface area contributed by atoms with Crippen LogP contribution in [0.2, 0.25) is 0 Å². The van der Waals surface area contributed by atoms with Gasteiger partial charge in [-0.3, -0.25) is 4.99 Å². The molecule has 3 N–H and O–H groups in total. The Kier molecular flexibility index (Phi) is 4.86. The topological polar surface area (TPSA) is 50.4 Å². The molecule has 0 amide bonds. The van der Waals surface area contributed by atoms with E-state index in [-0.39, 0.29) is 0 Å². The van der Waals surface area contributed by atoms with Gasteiger partial charge < -0.3 is 11.1 Å². The number of aliphatic imine (C=N–C) groups is 1. The monoisotopic (exact) mass is 271 g/mol. The quantitative estimate of drug-likeness (QED) is 0.509. The first-order chi connectivity index (χ1) is 9.28. The number of nitrogens with two attached hydrogens (primary N) is 1. The van der Waals surface area contributed by atoms with Gasteiger partial charge in [0.1, 0.15) is 0 Å². The second kappa shape index (κ2) is 6.85. The van der Waals surface area contributed by atoms with E-state index in [9.17, 15) is 0 Å². The van der Waals surface area contributed by atoms with Gasteiger partial charge in [-0.25, -0.2) is 0 Å². The number of thioether (sulfide) groups is 1. The molecule has 3 nitrogen and oxygen atoms in total. The molecule has 4 heteroatoms. The standard InChI is InChI=1S/C15H17N3S/c1-17-15(16)18-13-8-5-9-14(10-13)19-11-12-6-3-2-4-7-12/h2-10H,11H2,1H3,(H3,16,17,18). The molecule has 0 saturated carbocycles. The van der Waals surface area contributed by atoms with Crippen LogP contribution in [-0.2, 0) is 5.75 Å². The van der Waals surface area contributed by atoms with Crippen LogP contribution in [0.3, 0.4) is 0 Å². The summed E-state index contributed by atoms with van der Waals surface area (Å²) in [5.41, 5.74) is 7.93. The lowest BCUT2D eigenvalue weighted by Crippen LogP contribution is -2.21. The average molecular weight is 271 g/mol. The van der Waals surface area contributed by atoms with Gasteiger partial charge in [0, 0.05) is 23.4 Å². The van der Waals surface area contributed by atoms with Gasteiger partial charge in [-0.2, -0.15) is 0 Å². The first kappa shape index (κ1) is 13.5. The largest absolute Gasteiger partial charge is 0.370 e. The van der Waals surface area contributed by atoms with Crippen molar-refractivity contribution in [2.24, 2.45) is 10.7 Å². The van der Waals surface area contributed by atoms with Crippen LogP contribution in [0.15, 0.2) is 64.5 Å². The van der Waals surface area contributed by atoms with Crippen LogP contribution in [0.5, 0.6) is 0 Å². The van der Waals surface area contributed by atoms with E-state index in [1.54, 1.807) is 18.8 Å². The number of anilines is 1. The Labute approximate surface area is 117 Å². The fraction of sp³-hybridized carbons (Fsp3) is 0.133. The molecule has 19 heavy (non-hydrogen) atoms. The number of rotatable bonds is 4. The van der Waals surface area contributed by atoms with Crippen molar-refractivity contribution >= 4 is 23.4 Å². The molecule has 0 unspecified atom stereocenters. The number of nitrogens with one attached hydrogen (secondary N) is 1. The van der Waals surface area contributed by atoms with Crippen molar-refractivity contribution in [3.05, 3.63) is 60.2 Å². The fourth-order valence-electron chi connectivity index (χ4n) is 1.61. The highest BCUT2D eigenvalue weighted by Gasteiger charge is 1.99. The van der Waals surface area contributed by atoms with E-state index in [0.29, 0.717) is 5.96 Å². The lowest BCUT2D eigenvalue weighted by molar-refractivity contribution is 1.36. The molecule has 0 radical (unpaired) electrons. The normalized spacial score (nSPS) is 11.3. The maximum atomic E-state index is 5.65. The summed E-state index contributed by atoms with van der Waals surface area (Å²) in [6.45, 7) is 0. The second-order valence-electron chi connectivity index (χ2n) is 4.04. The Morgan fingerprint density at radius 3 is 2.68 bits per heavy atom. The third-order valence-electron chi connectivity index (χ3n) is 2.60. The molecule has 0 saturated heterocycles. The van der Waals surface area contributed by atoms with Crippen LogP contribution in [0.1, 0.15) is 5.56 Å². The minimum absolute atomic E-state index is 0.421. The maximum Gasteiger partial charge on any atom is 0.192 e. The first-order valence-corrected chi connectivity index (χ1v) is 7.02. The predicted octanol–water partition coefficient (Wildman–Crippen LogP) is 3.34. The average Bonchev–Trinajstić information content (AvgIpc) is 2.46. The smallest absolute Gasteiger partial charge is 0.192 e. The van der Waals surface area contributed by atoms with Gasteiger partial charge in [-0.15, -0.1) is 11.8 Å². The zero-order valence-electron chi connectivity index (χ0n) is 10.8. The van der Waals surface area contributed by atoms with Gasteiger partial charge in [0.25, 0.3) is 0 Å². The van der Waals surface area contributed by atoms with E-state index in [0.717, 1.165) is 11.4 Å². The lowest BCUT2D eigenvalue weighted by Gasteiger charge is -2.07. The molecule has 2 rings (SSSR count). The van der Waals surface area contributed by atoms with E-state index < -0.39 is 0 Å². The molecule has 0 atom stereocenters. The van der Waals surface area contributed by atoms with Crippen molar-refractivity contribution in [3.8, 4) is 0 Å². The Bertz CT molecular complexity index is 552.